The molecule has 1 saturated heterocycles. The number of hydrogen-bond acceptors (Lipinski definition) is 4. The first-order valence-electron chi connectivity index (χ1n) is 10.1. The van der Waals surface area contributed by atoms with Crippen molar-refractivity contribution in [1.82, 2.24) is 10.2 Å². The maximum absolute atomic E-state index is 13.7. The maximum atomic E-state index is 13.7. The summed E-state index contributed by atoms with van der Waals surface area (Å²) in [7, 11) is 2.13. The molecule has 1 amide bonds. The summed E-state index contributed by atoms with van der Waals surface area (Å²) in [6, 6.07) is 14.6. The lowest BCUT2D eigenvalue weighted by molar-refractivity contribution is -0.120. The second kappa shape index (κ2) is 10.9. The molecule has 0 aliphatic carbocycles. The molecule has 0 radical (unpaired) electrons. The number of nitrogens with one attached hydrogen (secondary N) is 1. The monoisotopic (exact) mass is 400 g/mol. The molecule has 1 aliphatic rings. The first-order valence-corrected chi connectivity index (χ1v) is 10.1. The van der Waals surface area contributed by atoms with E-state index in [0.717, 1.165) is 43.9 Å². The predicted molar refractivity (Wildman–Crippen MR) is 110 cm³/mol. The number of carbonyl (C=O) groups excluding carboxylic acids is 1. The molecule has 29 heavy (non-hydrogen) atoms. The van der Waals surface area contributed by atoms with Gasteiger partial charge in [-0.25, -0.2) is 4.39 Å². The number of hydrogen-bond donors (Lipinski definition) is 1. The fraction of sp³-hybridized carbons (Fsp3) is 0.435. The zero-order chi connectivity index (χ0) is 20.5. The lowest BCUT2D eigenvalue weighted by Crippen LogP contribution is -2.38. The number of benzene rings is 2. The van der Waals surface area contributed by atoms with E-state index in [1.807, 2.05) is 24.3 Å². The third-order valence-electron chi connectivity index (χ3n) is 5.22. The SMILES string of the molecule is CN(CCOc1cccc(CNC(=O)Cc2ccccc2F)c1)C1CCOCC1. The molecule has 6 heteroatoms. The molecule has 2 aromatic carbocycles. The smallest absolute Gasteiger partial charge is 0.224 e. The number of ether oxygens (including phenoxy) is 2. The highest BCUT2D eigenvalue weighted by atomic mass is 19.1. The average molecular weight is 400 g/mol. The summed E-state index contributed by atoms with van der Waals surface area (Å²) >= 11 is 0. The van der Waals surface area contributed by atoms with Gasteiger partial charge in [0.15, 0.2) is 0 Å². The van der Waals surface area contributed by atoms with E-state index in [-0.39, 0.29) is 18.1 Å². The predicted octanol–water partition coefficient (Wildman–Crippen LogP) is 3.17. The molecule has 0 aromatic heterocycles. The van der Waals surface area contributed by atoms with Crippen LogP contribution in [-0.2, 0) is 22.5 Å². The molecule has 2 aromatic rings. The van der Waals surface area contributed by atoms with E-state index in [1.165, 1.54) is 6.07 Å². The van der Waals surface area contributed by atoms with Crippen LogP contribution in [0, 0.1) is 5.82 Å². The van der Waals surface area contributed by atoms with Gasteiger partial charge in [-0.2, -0.15) is 0 Å². The number of nitrogens with zero attached hydrogens (tertiary/aromatic N) is 1. The van der Waals surface area contributed by atoms with Gasteiger partial charge in [-0.05, 0) is 49.2 Å². The molecule has 1 N–H and O–H groups in total. The summed E-state index contributed by atoms with van der Waals surface area (Å²) in [6.45, 7) is 3.51. The van der Waals surface area contributed by atoms with Crippen molar-refractivity contribution in [2.24, 2.45) is 0 Å². The van der Waals surface area contributed by atoms with Crippen molar-refractivity contribution in [3.63, 3.8) is 0 Å². The second-order valence-electron chi connectivity index (χ2n) is 7.36. The van der Waals surface area contributed by atoms with Crippen molar-refractivity contribution in [3.8, 4) is 5.75 Å². The van der Waals surface area contributed by atoms with Crippen LogP contribution in [0.5, 0.6) is 5.75 Å². The topological polar surface area (TPSA) is 50.8 Å². The number of halogens is 1. The Labute approximate surface area is 171 Å². The first-order chi connectivity index (χ1) is 14.1. The van der Waals surface area contributed by atoms with Gasteiger partial charge in [-0.3, -0.25) is 9.69 Å². The minimum Gasteiger partial charge on any atom is -0.492 e. The van der Waals surface area contributed by atoms with E-state index < -0.39 is 0 Å². The lowest BCUT2D eigenvalue weighted by Gasteiger charge is -2.31. The molecule has 156 valence electrons. The Balaban J connectivity index is 1.42. The van der Waals surface area contributed by atoms with E-state index >= 15 is 0 Å². The van der Waals surface area contributed by atoms with E-state index in [1.54, 1.807) is 18.2 Å². The molecule has 0 saturated carbocycles. The molecular weight excluding hydrogens is 371 g/mol. The van der Waals surface area contributed by atoms with Gasteiger partial charge in [0.05, 0.1) is 6.42 Å². The van der Waals surface area contributed by atoms with Gasteiger partial charge >= 0.3 is 0 Å². The molecule has 1 fully saturated rings. The molecule has 0 bridgehead atoms. The lowest BCUT2D eigenvalue weighted by atomic mass is 10.1. The Morgan fingerprint density at radius 2 is 2.00 bits per heavy atom. The Morgan fingerprint density at radius 1 is 1.21 bits per heavy atom. The standard InChI is InChI=1S/C23H29FN2O3/c1-26(20-9-12-28-13-10-20)11-14-29-21-7-4-5-18(15-21)17-25-23(27)16-19-6-2-3-8-22(19)24/h2-8,15,20H,9-14,16-17H2,1H3,(H,25,27). The van der Waals surface area contributed by atoms with E-state index in [2.05, 4.69) is 17.3 Å². The highest BCUT2D eigenvalue weighted by Gasteiger charge is 2.18. The number of likely N-dealkylation sites (N-methyl/N-ethyl adjacent to an activating group) is 1. The minimum atomic E-state index is -0.358. The van der Waals surface area contributed by atoms with Crippen LogP contribution in [0.2, 0.25) is 0 Å². The summed E-state index contributed by atoms with van der Waals surface area (Å²) in [5.41, 5.74) is 1.35. The fourth-order valence-corrected chi connectivity index (χ4v) is 3.44. The van der Waals surface area contributed by atoms with Crippen molar-refractivity contribution in [3.05, 3.63) is 65.5 Å². The van der Waals surface area contributed by atoms with Crippen LogP contribution in [0.15, 0.2) is 48.5 Å². The van der Waals surface area contributed by atoms with Crippen LogP contribution in [0.3, 0.4) is 0 Å². The average Bonchev–Trinajstić information content (AvgIpc) is 2.75. The van der Waals surface area contributed by atoms with E-state index in [0.29, 0.717) is 24.8 Å². The third kappa shape index (κ3) is 6.84. The molecule has 0 spiro atoms. The molecule has 1 heterocycles. The van der Waals surface area contributed by atoms with Crippen molar-refractivity contribution >= 4 is 5.91 Å². The highest BCUT2D eigenvalue weighted by Crippen LogP contribution is 2.15. The van der Waals surface area contributed by atoms with Crippen molar-refractivity contribution in [1.29, 1.82) is 0 Å². The van der Waals surface area contributed by atoms with E-state index in [9.17, 15) is 9.18 Å². The number of carbonyl (C=O) groups is 1. The second-order valence-corrected chi connectivity index (χ2v) is 7.36. The Hall–Kier alpha value is -2.44. The minimum absolute atomic E-state index is 0.0292. The van der Waals surface area contributed by atoms with Gasteiger partial charge in [0, 0.05) is 32.3 Å². The van der Waals surface area contributed by atoms with Crippen LogP contribution in [-0.4, -0.2) is 50.3 Å². The summed E-state index contributed by atoms with van der Waals surface area (Å²) in [5, 5.41) is 2.84. The number of rotatable bonds is 9. The van der Waals surface area contributed by atoms with Crippen LogP contribution in [0.4, 0.5) is 4.39 Å². The van der Waals surface area contributed by atoms with Gasteiger partial charge in [-0.1, -0.05) is 30.3 Å². The van der Waals surface area contributed by atoms with Gasteiger partial charge in [-0.15, -0.1) is 0 Å². The zero-order valence-electron chi connectivity index (χ0n) is 16.9. The maximum Gasteiger partial charge on any atom is 0.224 e. The van der Waals surface area contributed by atoms with E-state index in [4.69, 9.17) is 9.47 Å². The van der Waals surface area contributed by atoms with Gasteiger partial charge in [0.1, 0.15) is 18.2 Å². The molecule has 3 rings (SSSR count). The van der Waals surface area contributed by atoms with Crippen LogP contribution in [0.1, 0.15) is 24.0 Å². The van der Waals surface area contributed by atoms with Crippen molar-refractivity contribution in [2.45, 2.75) is 31.8 Å². The fourth-order valence-electron chi connectivity index (χ4n) is 3.44. The molecule has 0 atom stereocenters. The zero-order valence-corrected chi connectivity index (χ0v) is 16.9. The first kappa shape index (κ1) is 21.3. The largest absolute Gasteiger partial charge is 0.492 e. The molecular formula is C23H29FN2O3. The van der Waals surface area contributed by atoms with Gasteiger partial charge < -0.3 is 14.8 Å². The Bertz CT molecular complexity index is 793. The van der Waals surface area contributed by atoms with Gasteiger partial charge in [0.25, 0.3) is 0 Å². The van der Waals surface area contributed by atoms with Crippen LogP contribution < -0.4 is 10.1 Å². The molecule has 1 aliphatic heterocycles. The van der Waals surface area contributed by atoms with Crippen LogP contribution >= 0.6 is 0 Å². The third-order valence-corrected chi connectivity index (χ3v) is 5.22. The summed E-state index contributed by atoms with van der Waals surface area (Å²) in [5.74, 6) is 0.217. The quantitative estimate of drug-likeness (QED) is 0.703. The summed E-state index contributed by atoms with van der Waals surface area (Å²) in [6.07, 6.45) is 2.17. The van der Waals surface area contributed by atoms with Crippen LogP contribution in [0.25, 0.3) is 0 Å². The van der Waals surface area contributed by atoms with Crippen molar-refractivity contribution in [2.75, 3.05) is 33.4 Å². The van der Waals surface area contributed by atoms with Crippen molar-refractivity contribution < 1.29 is 18.7 Å². The highest BCUT2D eigenvalue weighted by molar-refractivity contribution is 5.78. The summed E-state index contributed by atoms with van der Waals surface area (Å²) in [4.78, 5) is 14.4. The molecule has 5 nitrogen and oxygen atoms in total. The number of amides is 1. The Kier molecular flexibility index (Phi) is 8.02. The van der Waals surface area contributed by atoms with Gasteiger partial charge in [0.2, 0.25) is 5.91 Å². The normalized spacial score (nSPS) is 14.7. The Morgan fingerprint density at radius 3 is 2.79 bits per heavy atom. The summed E-state index contributed by atoms with van der Waals surface area (Å²) < 4.78 is 25.0. The molecule has 0 unspecified atom stereocenters.